The number of para-hydroxylation sites is 1. The van der Waals surface area contributed by atoms with Crippen LogP contribution in [0.5, 0.6) is 0 Å². The van der Waals surface area contributed by atoms with Crippen LogP contribution in [-0.4, -0.2) is 18.9 Å². The van der Waals surface area contributed by atoms with Gasteiger partial charge < -0.3 is 4.90 Å². The maximum absolute atomic E-state index is 12.3. The molecule has 1 heterocycles. The molecule has 96 valence electrons. The number of rotatable bonds is 3. The van der Waals surface area contributed by atoms with E-state index in [0.29, 0.717) is 17.1 Å². The van der Waals surface area contributed by atoms with Crippen molar-refractivity contribution in [2.24, 2.45) is 0 Å². The summed E-state index contributed by atoms with van der Waals surface area (Å²) in [5, 5.41) is 0.528. The van der Waals surface area contributed by atoms with Crippen LogP contribution in [0.25, 0.3) is 0 Å². The molecule has 2 aromatic carbocycles. The molecule has 0 atom stereocenters. The van der Waals surface area contributed by atoms with Gasteiger partial charge in [0.25, 0.3) is 0 Å². The Morgan fingerprint density at radius 3 is 2.68 bits per heavy atom. The predicted molar refractivity (Wildman–Crippen MR) is 78.1 cm³/mol. The fourth-order valence-electron chi connectivity index (χ4n) is 2.52. The number of anilines is 1. The lowest BCUT2D eigenvalue weighted by Gasteiger charge is -2.18. The zero-order valence-electron chi connectivity index (χ0n) is 10.5. The quantitative estimate of drug-likeness (QED) is 0.795. The Balaban J connectivity index is 1.81. The molecule has 0 unspecified atom stereocenters. The van der Waals surface area contributed by atoms with E-state index in [9.17, 15) is 4.79 Å². The van der Waals surface area contributed by atoms with E-state index in [1.54, 1.807) is 12.1 Å². The van der Waals surface area contributed by atoms with Crippen LogP contribution >= 0.6 is 11.6 Å². The van der Waals surface area contributed by atoms with Gasteiger partial charge in [-0.25, -0.2) is 0 Å². The van der Waals surface area contributed by atoms with Crippen LogP contribution in [0.15, 0.2) is 48.5 Å². The van der Waals surface area contributed by atoms with Gasteiger partial charge in [-0.15, -0.1) is 0 Å². The minimum atomic E-state index is 0.0716. The van der Waals surface area contributed by atoms with Gasteiger partial charge in [-0.2, -0.15) is 0 Å². The SMILES string of the molecule is O=C(CN1CCc2ccccc21)c1ccccc1Cl. The first-order valence-corrected chi connectivity index (χ1v) is 6.74. The van der Waals surface area contributed by atoms with Crippen molar-refractivity contribution in [2.75, 3.05) is 18.0 Å². The molecule has 0 saturated carbocycles. The van der Waals surface area contributed by atoms with E-state index >= 15 is 0 Å². The molecule has 0 N–H and O–H groups in total. The number of hydrogen-bond acceptors (Lipinski definition) is 2. The molecule has 0 spiro atoms. The Hall–Kier alpha value is -1.80. The lowest BCUT2D eigenvalue weighted by Crippen LogP contribution is -2.28. The fraction of sp³-hybridized carbons (Fsp3) is 0.188. The molecule has 2 aromatic rings. The van der Waals surface area contributed by atoms with E-state index < -0.39 is 0 Å². The average molecular weight is 272 g/mol. The highest BCUT2D eigenvalue weighted by Gasteiger charge is 2.21. The van der Waals surface area contributed by atoms with Crippen LogP contribution in [0.2, 0.25) is 5.02 Å². The van der Waals surface area contributed by atoms with Crippen LogP contribution in [0, 0.1) is 0 Å². The molecule has 0 fully saturated rings. The van der Waals surface area contributed by atoms with Gasteiger partial charge in [0.1, 0.15) is 0 Å². The average Bonchev–Trinajstić information content (AvgIpc) is 2.83. The van der Waals surface area contributed by atoms with E-state index in [4.69, 9.17) is 11.6 Å². The summed E-state index contributed by atoms with van der Waals surface area (Å²) in [6.45, 7) is 1.29. The van der Waals surface area contributed by atoms with E-state index in [2.05, 4.69) is 17.0 Å². The maximum atomic E-state index is 12.3. The second-order valence-electron chi connectivity index (χ2n) is 4.70. The Labute approximate surface area is 117 Å². The number of carbonyl (C=O) groups excluding carboxylic acids is 1. The Bertz CT molecular complexity index is 624. The lowest BCUT2D eigenvalue weighted by molar-refractivity contribution is 0.0999. The number of carbonyl (C=O) groups is 1. The number of Topliss-reactive ketones (excluding diaryl/α,β-unsaturated/α-hetero) is 1. The summed E-state index contributed by atoms with van der Waals surface area (Å²) in [6, 6.07) is 15.5. The number of ketones is 1. The molecule has 0 aromatic heterocycles. The molecule has 1 aliphatic heterocycles. The van der Waals surface area contributed by atoms with Crippen molar-refractivity contribution in [3.05, 3.63) is 64.7 Å². The topological polar surface area (TPSA) is 20.3 Å². The molecule has 0 radical (unpaired) electrons. The first-order valence-electron chi connectivity index (χ1n) is 6.36. The van der Waals surface area contributed by atoms with Crippen LogP contribution in [0.1, 0.15) is 15.9 Å². The summed E-state index contributed by atoms with van der Waals surface area (Å²) in [5.74, 6) is 0.0716. The number of hydrogen-bond donors (Lipinski definition) is 0. The van der Waals surface area contributed by atoms with Gasteiger partial charge in [-0.1, -0.05) is 41.9 Å². The highest BCUT2D eigenvalue weighted by molar-refractivity contribution is 6.34. The monoisotopic (exact) mass is 271 g/mol. The van der Waals surface area contributed by atoms with Crippen LogP contribution < -0.4 is 4.90 Å². The second-order valence-corrected chi connectivity index (χ2v) is 5.11. The van der Waals surface area contributed by atoms with Crippen LogP contribution in [-0.2, 0) is 6.42 Å². The van der Waals surface area contributed by atoms with E-state index in [-0.39, 0.29) is 5.78 Å². The third-order valence-electron chi connectivity index (χ3n) is 3.49. The zero-order valence-corrected chi connectivity index (χ0v) is 11.2. The Morgan fingerprint density at radius 1 is 1.11 bits per heavy atom. The van der Waals surface area contributed by atoms with Crippen molar-refractivity contribution in [1.29, 1.82) is 0 Å². The zero-order chi connectivity index (χ0) is 13.2. The van der Waals surface area contributed by atoms with Gasteiger partial charge in [0.05, 0.1) is 11.6 Å². The van der Waals surface area contributed by atoms with Gasteiger partial charge in [0.15, 0.2) is 5.78 Å². The summed E-state index contributed by atoms with van der Waals surface area (Å²) in [5.41, 5.74) is 3.09. The minimum Gasteiger partial charge on any atom is -0.363 e. The molecular formula is C16H14ClNO. The third-order valence-corrected chi connectivity index (χ3v) is 3.82. The van der Waals surface area contributed by atoms with Crippen molar-refractivity contribution in [3.8, 4) is 0 Å². The molecule has 1 aliphatic rings. The predicted octanol–water partition coefficient (Wildman–Crippen LogP) is 3.59. The standard InChI is InChI=1S/C16H14ClNO/c17-14-7-3-2-6-13(14)16(19)11-18-10-9-12-5-1-4-8-15(12)18/h1-8H,9-11H2. The highest BCUT2D eigenvalue weighted by Crippen LogP contribution is 2.27. The number of benzene rings is 2. The third kappa shape index (κ3) is 2.36. The summed E-state index contributed by atoms with van der Waals surface area (Å²) < 4.78 is 0. The minimum absolute atomic E-state index is 0.0716. The Kier molecular flexibility index (Phi) is 3.26. The number of halogens is 1. The first kappa shape index (κ1) is 12.2. The van der Waals surface area contributed by atoms with E-state index in [0.717, 1.165) is 13.0 Å². The molecule has 19 heavy (non-hydrogen) atoms. The van der Waals surface area contributed by atoms with Crippen molar-refractivity contribution >= 4 is 23.1 Å². The highest BCUT2D eigenvalue weighted by atomic mass is 35.5. The second kappa shape index (κ2) is 5.06. The van der Waals surface area contributed by atoms with E-state index in [1.165, 1.54) is 11.3 Å². The molecule has 2 nitrogen and oxygen atoms in total. The molecule has 3 rings (SSSR count). The van der Waals surface area contributed by atoms with Gasteiger partial charge >= 0.3 is 0 Å². The first-order chi connectivity index (χ1) is 9.25. The number of nitrogens with zero attached hydrogens (tertiary/aromatic N) is 1. The van der Waals surface area contributed by atoms with E-state index in [1.807, 2.05) is 24.3 Å². The maximum Gasteiger partial charge on any atom is 0.183 e. The van der Waals surface area contributed by atoms with Crippen LogP contribution in [0.4, 0.5) is 5.69 Å². The normalized spacial score (nSPS) is 13.4. The molecule has 0 saturated heterocycles. The molecule has 0 aliphatic carbocycles. The lowest BCUT2D eigenvalue weighted by atomic mass is 10.1. The van der Waals surface area contributed by atoms with Gasteiger partial charge in [0.2, 0.25) is 0 Å². The van der Waals surface area contributed by atoms with Crippen molar-refractivity contribution in [2.45, 2.75) is 6.42 Å². The van der Waals surface area contributed by atoms with Crippen LogP contribution in [0.3, 0.4) is 0 Å². The van der Waals surface area contributed by atoms with Crippen molar-refractivity contribution in [3.63, 3.8) is 0 Å². The molecule has 3 heteroatoms. The van der Waals surface area contributed by atoms with Crippen molar-refractivity contribution < 1.29 is 4.79 Å². The largest absolute Gasteiger partial charge is 0.363 e. The Morgan fingerprint density at radius 2 is 1.84 bits per heavy atom. The number of fused-ring (bicyclic) bond motifs is 1. The fourth-order valence-corrected chi connectivity index (χ4v) is 2.76. The summed E-state index contributed by atoms with van der Waals surface area (Å²) in [6.07, 6.45) is 1.01. The summed E-state index contributed by atoms with van der Waals surface area (Å²) >= 11 is 6.07. The van der Waals surface area contributed by atoms with Crippen molar-refractivity contribution in [1.82, 2.24) is 0 Å². The summed E-state index contributed by atoms with van der Waals surface area (Å²) in [7, 11) is 0. The van der Waals surface area contributed by atoms with Gasteiger partial charge in [-0.05, 0) is 30.2 Å². The van der Waals surface area contributed by atoms with Gasteiger partial charge in [-0.3, -0.25) is 4.79 Å². The molecule has 0 bridgehead atoms. The summed E-state index contributed by atoms with van der Waals surface area (Å²) in [4.78, 5) is 14.4. The van der Waals surface area contributed by atoms with Gasteiger partial charge in [0, 0.05) is 17.8 Å². The smallest absolute Gasteiger partial charge is 0.183 e. The molecule has 0 amide bonds. The molecular weight excluding hydrogens is 258 g/mol.